The van der Waals surface area contributed by atoms with Gasteiger partial charge in [0.1, 0.15) is 15.4 Å². The Bertz CT molecular complexity index is 444. The lowest BCUT2D eigenvalue weighted by atomic mass is 9.83. The molecule has 7 heteroatoms. The Kier molecular flexibility index (Phi) is 5.08. The third kappa shape index (κ3) is 6.56. The minimum Gasteiger partial charge on any atom is -0.444 e. The van der Waals surface area contributed by atoms with E-state index in [1.54, 1.807) is 20.8 Å². The van der Waals surface area contributed by atoms with Crippen LogP contribution in [0.25, 0.3) is 0 Å². The SMILES string of the molecule is CC(C)(C)OC(=O)NC1CCC(O)(CS(C)(=O)=O)CC1. The van der Waals surface area contributed by atoms with E-state index in [9.17, 15) is 18.3 Å². The van der Waals surface area contributed by atoms with Crippen LogP contribution in [-0.4, -0.2) is 48.9 Å². The Morgan fingerprint density at radius 1 is 1.35 bits per heavy atom. The molecule has 1 rings (SSSR count). The molecule has 0 atom stereocenters. The number of hydrogen-bond donors (Lipinski definition) is 2. The second-order valence-corrected chi connectivity index (χ2v) is 8.86. The van der Waals surface area contributed by atoms with Gasteiger partial charge in [-0.1, -0.05) is 0 Å². The zero-order valence-corrected chi connectivity index (χ0v) is 13.4. The molecule has 20 heavy (non-hydrogen) atoms. The quantitative estimate of drug-likeness (QED) is 0.818. The third-order valence-corrected chi connectivity index (χ3v) is 4.23. The minimum absolute atomic E-state index is 0.0790. The minimum atomic E-state index is -3.21. The molecule has 0 bridgehead atoms. The maximum Gasteiger partial charge on any atom is 0.407 e. The smallest absolute Gasteiger partial charge is 0.407 e. The summed E-state index contributed by atoms with van der Waals surface area (Å²) >= 11 is 0. The van der Waals surface area contributed by atoms with Gasteiger partial charge in [-0.2, -0.15) is 0 Å². The van der Waals surface area contributed by atoms with Crippen molar-refractivity contribution in [2.75, 3.05) is 12.0 Å². The highest BCUT2D eigenvalue weighted by molar-refractivity contribution is 7.90. The van der Waals surface area contributed by atoms with E-state index in [-0.39, 0.29) is 11.8 Å². The van der Waals surface area contributed by atoms with Crippen molar-refractivity contribution in [3.8, 4) is 0 Å². The number of carbonyl (C=O) groups is 1. The van der Waals surface area contributed by atoms with Gasteiger partial charge in [0.2, 0.25) is 0 Å². The van der Waals surface area contributed by atoms with Gasteiger partial charge in [-0.15, -0.1) is 0 Å². The summed E-state index contributed by atoms with van der Waals surface area (Å²) < 4.78 is 27.7. The number of hydrogen-bond acceptors (Lipinski definition) is 5. The van der Waals surface area contributed by atoms with Crippen molar-refractivity contribution in [3.05, 3.63) is 0 Å². The van der Waals surface area contributed by atoms with E-state index < -0.39 is 27.1 Å². The highest BCUT2D eigenvalue weighted by Gasteiger charge is 2.36. The molecule has 6 nitrogen and oxygen atoms in total. The summed E-state index contributed by atoms with van der Waals surface area (Å²) in [5.41, 5.74) is -1.71. The van der Waals surface area contributed by atoms with E-state index in [4.69, 9.17) is 4.74 Å². The van der Waals surface area contributed by atoms with Crippen LogP contribution in [0.3, 0.4) is 0 Å². The topological polar surface area (TPSA) is 92.7 Å². The molecule has 0 saturated heterocycles. The first-order chi connectivity index (χ1) is 8.89. The molecule has 0 unspecified atom stereocenters. The van der Waals surface area contributed by atoms with E-state index in [0.29, 0.717) is 25.7 Å². The van der Waals surface area contributed by atoms with Crippen LogP contribution in [-0.2, 0) is 14.6 Å². The van der Waals surface area contributed by atoms with E-state index >= 15 is 0 Å². The molecule has 0 radical (unpaired) electrons. The van der Waals surface area contributed by atoms with Crippen LogP contribution in [0, 0.1) is 0 Å². The Labute approximate surface area is 120 Å². The van der Waals surface area contributed by atoms with Crippen LogP contribution in [0.1, 0.15) is 46.5 Å². The lowest BCUT2D eigenvalue weighted by molar-refractivity contribution is 0.0120. The summed E-state index contributed by atoms with van der Waals surface area (Å²) in [5, 5.41) is 13.0. The van der Waals surface area contributed by atoms with Crippen molar-refractivity contribution in [2.45, 2.75) is 63.7 Å². The van der Waals surface area contributed by atoms with Crippen LogP contribution in [0.5, 0.6) is 0 Å². The standard InChI is InChI=1S/C13H25NO5S/c1-12(2,3)19-11(15)14-10-5-7-13(16,8-6-10)9-20(4,17)18/h10,16H,5-9H2,1-4H3,(H,14,15). The molecule has 0 aliphatic heterocycles. The summed E-state index contributed by atoms with van der Waals surface area (Å²) in [6.07, 6.45) is 2.46. The Balaban J connectivity index is 2.45. The van der Waals surface area contributed by atoms with Crippen LogP contribution in [0.2, 0.25) is 0 Å². The fourth-order valence-corrected chi connectivity index (χ4v) is 3.67. The second kappa shape index (κ2) is 5.89. The molecule has 1 amide bonds. The monoisotopic (exact) mass is 307 g/mol. The maximum atomic E-state index is 11.6. The molecule has 1 fully saturated rings. The van der Waals surface area contributed by atoms with Crippen molar-refractivity contribution in [2.24, 2.45) is 0 Å². The Hall–Kier alpha value is -0.820. The highest BCUT2D eigenvalue weighted by Crippen LogP contribution is 2.29. The average molecular weight is 307 g/mol. The molecule has 0 aromatic heterocycles. The van der Waals surface area contributed by atoms with Crippen molar-refractivity contribution in [3.63, 3.8) is 0 Å². The van der Waals surface area contributed by atoms with E-state index in [0.717, 1.165) is 6.26 Å². The zero-order valence-electron chi connectivity index (χ0n) is 12.6. The summed E-state index contributed by atoms with van der Waals surface area (Å²) in [4.78, 5) is 11.6. The molecule has 1 saturated carbocycles. The van der Waals surface area contributed by atoms with Crippen molar-refractivity contribution < 1.29 is 23.1 Å². The molecule has 1 aliphatic rings. The first-order valence-corrected chi connectivity index (χ1v) is 8.84. The normalized spacial score (nSPS) is 27.9. The lowest BCUT2D eigenvalue weighted by Gasteiger charge is -2.35. The fraction of sp³-hybridized carbons (Fsp3) is 0.923. The van der Waals surface area contributed by atoms with Crippen LogP contribution < -0.4 is 5.32 Å². The molecule has 2 N–H and O–H groups in total. The van der Waals surface area contributed by atoms with E-state index in [1.165, 1.54) is 0 Å². The Morgan fingerprint density at radius 3 is 2.25 bits per heavy atom. The molecule has 0 aromatic carbocycles. The molecule has 118 valence electrons. The molecular formula is C13H25NO5S. The summed E-state index contributed by atoms with van der Waals surface area (Å²) in [6, 6.07) is -0.0790. The van der Waals surface area contributed by atoms with Gasteiger partial charge in [0.15, 0.2) is 0 Å². The first kappa shape index (κ1) is 17.2. The number of carbonyl (C=O) groups excluding carboxylic acids is 1. The highest BCUT2D eigenvalue weighted by atomic mass is 32.2. The predicted molar refractivity (Wildman–Crippen MR) is 76.3 cm³/mol. The van der Waals surface area contributed by atoms with Crippen molar-refractivity contribution >= 4 is 15.9 Å². The molecular weight excluding hydrogens is 282 g/mol. The summed E-state index contributed by atoms with van der Waals surface area (Å²) in [6.45, 7) is 5.37. The van der Waals surface area contributed by atoms with Gasteiger partial charge < -0.3 is 15.2 Å². The van der Waals surface area contributed by atoms with E-state index in [2.05, 4.69) is 5.32 Å². The zero-order chi connectivity index (χ0) is 15.6. The molecule has 0 aromatic rings. The fourth-order valence-electron chi connectivity index (χ4n) is 2.41. The maximum absolute atomic E-state index is 11.6. The van der Waals surface area contributed by atoms with E-state index in [1.807, 2.05) is 0 Å². The van der Waals surface area contributed by atoms with Gasteiger partial charge in [-0.25, -0.2) is 13.2 Å². The number of sulfone groups is 1. The summed E-state index contributed by atoms with van der Waals surface area (Å²) in [7, 11) is -3.21. The first-order valence-electron chi connectivity index (χ1n) is 6.78. The molecule has 0 spiro atoms. The van der Waals surface area contributed by atoms with Gasteiger partial charge in [-0.05, 0) is 46.5 Å². The van der Waals surface area contributed by atoms with Gasteiger partial charge >= 0.3 is 6.09 Å². The number of nitrogens with one attached hydrogen (secondary N) is 1. The van der Waals surface area contributed by atoms with Crippen LogP contribution in [0.15, 0.2) is 0 Å². The van der Waals surface area contributed by atoms with Gasteiger partial charge in [0.25, 0.3) is 0 Å². The predicted octanol–water partition coefficient (Wildman–Crippen LogP) is 1.23. The van der Waals surface area contributed by atoms with Gasteiger partial charge in [0, 0.05) is 12.3 Å². The van der Waals surface area contributed by atoms with Crippen LogP contribution >= 0.6 is 0 Å². The third-order valence-electron chi connectivity index (χ3n) is 3.17. The Morgan fingerprint density at radius 2 is 1.85 bits per heavy atom. The van der Waals surface area contributed by atoms with Gasteiger partial charge in [0.05, 0.1) is 11.4 Å². The largest absolute Gasteiger partial charge is 0.444 e. The second-order valence-electron chi connectivity index (χ2n) is 6.71. The van der Waals surface area contributed by atoms with Crippen molar-refractivity contribution in [1.29, 1.82) is 0 Å². The number of rotatable bonds is 3. The van der Waals surface area contributed by atoms with Crippen molar-refractivity contribution in [1.82, 2.24) is 5.32 Å². The van der Waals surface area contributed by atoms with Crippen LogP contribution in [0.4, 0.5) is 4.79 Å². The van der Waals surface area contributed by atoms with Gasteiger partial charge in [-0.3, -0.25) is 0 Å². The number of alkyl carbamates (subject to hydrolysis) is 1. The summed E-state index contributed by atoms with van der Waals surface area (Å²) in [5.74, 6) is -0.223. The number of ether oxygens (including phenoxy) is 1. The number of amides is 1. The lowest BCUT2D eigenvalue weighted by Crippen LogP contribution is -2.47. The molecule has 1 aliphatic carbocycles. The number of aliphatic hydroxyl groups is 1. The average Bonchev–Trinajstić information content (AvgIpc) is 2.16. The molecule has 0 heterocycles.